The highest BCUT2D eigenvalue weighted by molar-refractivity contribution is 14.0. The van der Waals surface area contributed by atoms with Crippen molar-refractivity contribution in [3.63, 3.8) is 0 Å². The van der Waals surface area contributed by atoms with E-state index < -0.39 is 0 Å². The van der Waals surface area contributed by atoms with Crippen LogP contribution in [-0.4, -0.2) is 19.7 Å². The van der Waals surface area contributed by atoms with Crippen LogP contribution in [0.3, 0.4) is 0 Å². The molecule has 0 aliphatic heterocycles. The van der Waals surface area contributed by atoms with Crippen LogP contribution < -0.4 is 20.5 Å². The van der Waals surface area contributed by atoms with Crippen molar-refractivity contribution >= 4 is 35.6 Å². The number of guanidine groups is 1. The van der Waals surface area contributed by atoms with E-state index >= 15 is 0 Å². The van der Waals surface area contributed by atoms with Crippen molar-refractivity contribution in [2.24, 2.45) is 10.7 Å². The van der Waals surface area contributed by atoms with Gasteiger partial charge in [0, 0.05) is 5.69 Å². The van der Waals surface area contributed by atoms with Crippen LogP contribution >= 0.6 is 24.0 Å². The lowest BCUT2D eigenvalue weighted by molar-refractivity contribution is 0.310. The van der Waals surface area contributed by atoms with Crippen LogP contribution in [0.5, 0.6) is 11.5 Å². The molecule has 0 saturated carbocycles. The monoisotopic (exact) mass is 467 g/mol. The number of fused-ring (bicyclic) bond motifs is 1. The summed E-state index contributed by atoms with van der Waals surface area (Å²) in [6, 6.07) is 12.2. The first kappa shape index (κ1) is 20.4. The summed E-state index contributed by atoms with van der Waals surface area (Å²) in [5.41, 5.74) is 10.9. The van der Waals surface area contributed by atoms with Crippen molar-refractivity contribution in [1.29, 1.82) is 0 Å². The minimum atomic E-state index is 0. The summed E-state index contributed by atoms with van der Waals surface area (Å²) >= 11 is 0. The fourth-order valence-corrected chi connectivity index (χ4v) is 3.10. The Bertz CT molecular complexity index is 778. The second-order valence-corrected chi connectivity index (χ2v) is 6.08. The van der Waals surface area contributed by atoms with Crippen LogP contribution in [0.2, 0.25) is 0 Å². The van der Waals surface area contributed by atoms with E-state index in [0.29, 0.717) is 19.1 Å². The number of benzene rings is 2. The zero-order valence-electron chi connectivity index (χ0n) is 15.2. The van der Waals surface area contributed by atoms with Gasteiger partial charge in [-0.15, -0.1) is 24.0 Å². The van der Waals surface area contributed by atoms with Gasteiger partial charge in [0.1, 0.15) is 0 Å². The lowest BCUT2D eigenvalue weighted by Gasteiger charge is -2.11. The zero-order valence-corrected chi connectivity index (χ0v) is 17.6. The number of ether oxygens (including phenoxy) is 2. The van der Waals surface area contributed by atoms with Gasteiger partial charge in [-0.25, -0.2) is 4.99 Å². The second-order valence-electron chi connectivity index (χ2n) is 6.08. The van der Waals surface area contributed by atoms with Gasteiger partial charge >= 0.3 is 0 Å². The van der Waals surface area contributed by atoms with Gasteiger partial charge < -0.3 is 20.5 Å². The van der Waals surface area contributed by atoms with Crippen molar-refractivity contribution in [2.45, 2.75) is 32.7 Å². The summed E-state index contributed by atoms with van der Waals surface area (Å²) in [5.74, 6) is 1.85. The van der Waals surface area contributed by atoms with Crippen molar-refractivity contribution in [3.8, 4) is 11.5 Å². The lowest BCUT2D eigenvalue weighted by Crippen LogP contribution is -2.22. The molecule has 0 amide bonds. The summed E-state index contributed by atoms with van der Waals surface area (Å²) in [5, 5.41) is 3.18. The van der Waals surface area contributed by atoms with Crippen LogP contribution in [0.1, 0.15) is 30.0 Å². The van der Waals surface area contributed by atoms with E-state index in [1.54, 1.807) is 7.11 Å². The topological polar surface area (TPSA) is 68.9 Å². The molecule has 2 aromatic rings. The Labute approximate surface area is 172 Å². The molecule has 0 unspecified atom stereocenters. The standard InChI is InChI=1S/C20H25N3O2.HI/c1-3-25-19-11-14(7-10-18(19)24-2)13-22-20(21)23-17-9-8-15-5-4-6-16(15)12-17;/h7-12H,3-6,13H2,1-2H3,(H3,21,22,23);1H. The predicted molar refractivity (Wildman–Crippen MR) is 117 cm³/mol. The number of halogens is 1. The number of aryl methyl sites for hydroxylation is 2. The first-order valence-corrected chi connectivity index (χ1v) is 8.68. The van der Waals surface area contributed by atoms with Crippen LogP contribution in [0.4, 0.5) is 5.69 Å². The average Bonchev–Trinajstić information content (AvgIpc) is 3.08. The molecule has 0 saturated heterocycles. The lowest BCUT2D eigenvalue weighted by atomic mass is 10.1. The summed E-state index contributed by atoms with van der Waals surface area (Å²) in [6.45, 7) is 3.02. The molecule has 26 heavy (non-hydrogen) atoms. The van der Waals surface area contributed by atoms with E-state index in [0.717, 1.165) is 29.2 Å². The molecule has 0 atom stereocenters. The fraction of sp³-hybridized carbons (Fsp3) is 0.350. The number of hydrogen-bond donors (Lipinski definition) is 2. The third-order valence-electron chi connectivity index (χ3n) is 4.33. The van der Waals surface area contributed by atoms with Crippen molar-refractivity contribution in [3.05, 3.63) is 53.1 Å². The quantitative estimate of drug-likeness (QED) is 0.381. The molecule has 0 bridgehead atoms. The third-order valence-corrected chi connectivity index (χ3v) is 4.33. The number of methoxy groups -OCH3 is 1. The number of aliphatic imine (C=N–C) groups is 1. The first-order valence-electron chi connectivity index (χ1n) is 8.68. The van der Waals surface area contributed by atoms with Gasteiger partial charge in [0.15, 0.2) is 17.5 Å². The van der Waals surface area contributed by atoms with E-state index in [-0.39, 0.29) is 24.0 Å². The normalized spacial score (nSPS) is 12.9. The van der Waals surface area contributed by atoms with Gasteiger partial charge in [-0.05, 0) is 67.1 Å². The highest BCUT2D eigenvalue weighted by atomic mass is 127. The van der Waals surface area contributed by atoms with Gasteiger partial charge in [-0.1, -0.05) is 12.1 Å². The summed E-state index contributed by atoms with van der Waals surface area (Å²) < 4.78 is 10.9. The minimum absolute atomic E-state index is 0. The Balaban J connectivity index is 0.00000243. The molecular formula is C20H26IN3O2. The van der Waals surface area contributed by atoms with Crippen LogP contribution in [-0.2, 0) is 19.4 Å². The smallest absolute Gasteiger partial charge is 0.193 e. The molecule has 0 fully saturated rings. The van der Waals surface area contributed by atoms with Gasteiger partial charge in [-0.3, -0.25) is 0 Å². The Morgan fingerprint density at radius 2 is 1.92 bits per heavy atom. The molecule has 3 rings (SSSR count). The van der Waals surface area contributed by atoms with Crippen LogP contribution in [0, 0.1) is 0 Å². The predicted octanol–water partition coefficient (Wildman–Crippen LogP) is 4.13. The molecule has 0 aromatic heterocycles. The Hall–Kier alpha value is -1.96. The summed E-state index contributed by atoms with van der Waals surface area (Å²) in [6.07, 6.45) is 3.56. The number of nitrogens with zero attached hydrogens (tertiary/aromatic N) is 1. The molecule has 6 heteroatoms. The number of nitrogens with one attached hydrogen (secondary N) is 1. The Kier molecular flexibility index (Phi) is 7.56. The van der Waals surface area contributed by atoms with Crippen LogP contribution in [0.15, 0.2) is 41.4 Å². The van der Waals surface area contributed by atoms with Crippen molar-refractivity contribution in [2.75, 3.05) is 19.0 Å². The Morgan fingerprint density at radius 1 is 1.12 bits per heavy atom. The highest BCUT2D eigenvalue weighted by Crippen LogP contribution is 2.28. The largest absolute Gasteiger partial charge is 0.493 e. The fourth-order valence-electron chi connectivity index (χ4n) is 3.10. The number of nitrogens with two attached hydrogens (primary N) is 1. The summed E-state index contributed by atoms with van der Waals surface area (Å²) in [4.78, 5) is 4.43. The van der Waals surface area contributed by atoms with Crippen LogP contribution in [0.25, 0.3) is 0 Å². The molecule has 1 aliphatic rings. The molecular weight excluding hydrogens is 441 g/mol. The molecule has 1 aliphatic carbocycles. The molecule has 140 valence electrons. The van der Waals surface area contributed by atoms with E-state index in [1.807, 2.05) is 25.1 Å². The molecule has 0 heterocycles. The second kappa shape index (κ2) is 9.66. The van der Waals surface area contributed by atoms with E-state index in [9.17, 15) is 0 Å². The zero-order chi connectivity index (χ0) is 17.6. The molecule has 0 radical (unpaired) electrons. The number of hydrogen-bond acceptors (Lipinski definition) is 3. The molecule has 5 nitrogen and oxygen atoms in total. The maximum absolute atomic E-state index is 6.03. The maximum Gasteiger partial charge on any atom is 0.193 e. The number of rotatable bonds is 6. The van der Waals surface area contributed by atoms with Gasteiger partial charge in [0.05, 0.1) is 20.3 Å². The Morgan fingerprint density at radius 3 is 2.69 bits per heavy atom. The van der Waals surface area contributed by atoms with E-state index in [1.165, 1.54) is 24.0 Å². The average molecular weight is 467 g/mol. The summed E-state index contributed by atoms with van der Waals surface area (Å²) in [7, 11) is 1.63. The SMILES string of the molecule is CCOc1cc(CN=C(N)Nc2ccc3c(c2)CCC3)ccc1OC.I. The van der Waals surface area contributed by atoms with Gasteiger partial charge in [0.25, 0.3) is 0 Å². The molecule has 0 spiro atoms. The van der Waals surface area contributed by atoms with E-state index in [4.69, 9.17) is 15.2 Å². The minimum Gasteiger partial charge on any atom is -0.493 e. The van der Waals surface area contributed by atoms with Crippen molar-refractivity contribution in [1.82, 2.24) is 0 Å². The molecule has 2 aromatic carbocycles. The van der Waals surface area contributed by atoms with Crippen molar-refractivity contribution < 1.29 is 9.47 Å². The number of anilines is 1. The maximum atomic E-state index is 6.03. The van der Waals surface area contributed by atoms with Gasteiger partial charge in [-0.2, -0.15) is 0 Å². The third kappa shape index (κ3) is 5.03. The van der Waals surface area contributed by atoms with Gasteiger partial charge in [0.2, 0.25) is 0 Å². The highest BCUT2D eigenvalue weighted by Gasteiger charge is 2.11. The first-order chi connectivity index (χ1) is 12.2. The van der Waals surface area contributed by atoms with E-state index in [2.05, 4.69) is 28.5 Å². The molecule has 3 N–H and O–H groups in total.